The summed E-state index contributed by atoms with van der Waals surface area (Å²) in [4.78, 5) is 45.6. The summed E-state index contributed by atoms with van der Waals surface area (Å²) in [6, 6.07) is -1.01. The molecule has 0 spiro atoms. The van der Waals surface area contributed by atoms with Gasteiger partial charge in [0.05, 0.1) is 31.9 Å². The van der Waals surface area contributed by atoms with Gasteiger partial charge in [-0.15, -0.1) is 0 Å². The summed E-state index contributed by atoms with van der Waals surface area (Å²) in [5.41, 5.74) is 12.8. The van der Waals surface area contributed by atoms with Gasteiger partial charge in [0.1, 0.15) is 54.4 Å². The standard InChI is InChI=1S/C21H25FN10O9P2/c22-14-10(31-7-29-15-18(23)25-5-27-20(15)31)1-9-3-37-42(33,34)40-11-2-13(32-8-30-16-19(24)26-6-28-21(16)32)39-12(11)4-38-43(35,36)41-17(9)14/h5-14,17H,1-4H2,(H,33,34)(H,35,36)(H2,23,25,27)(H2,24,26,28)/t9-,10-,11+,12-,13-,14+,17-/m1/s1. The predicted molar refractivity (Wildman–Crippen MR) is 141 cm³/mol. The van der Waals surface area contributed by atoms with E-state index in [2.05, 4.69) is 29.9 Å². The van der Waals surface area contributed by atoms with Crippen LogP contribution in [0.4, 0.5) is 16.0 Å². The molecule has 43 heavy (non-hydrogen) atoms. The van der Waals surface area contributed by atoms with Crippen molar-refractivity contribution in [2.75, 3.05) is 24.7 Å². The average molecular weight is 642 g/mol. The van der Waals surface area contributed by atoms with Crippen molar-refractivity contribution in [2.24, 2.45) is 5.92 Å². The van der Waals surface area contributed by atoms with Crippen LogP contribution in [0.1, 0.15) is 25.1 Å². The van der Waals surface area contributed by atoms with E-state index >= 15 is 4.39 Å². The molecule has 22 heteroatoms. The lowest BCUT2D eigenvalue weighted by atomic mass is 10.1. The molecule has 3 fully saturated rings. The number of imidazole rings is 2. The van der Waals surface area contributed by atoms with E-state index in [-0.39, 0.29) is 35.6 Å². The Bertz CT molecular complexity index is 1790. The van der Waals surface area contributed by atoms with E-state index in [9.17, 15) is 18.9 Å². The van der Waals surface area contributed by atoms with Crippen molar-refractivity contribution >= 4 is 49.6 Å². The van der Waals surface area contributed by atoms with E-state index in [1.165, 1.54) is 34.4 Å². The third-order valence-electron chi connectivity index (χ3n) is 7.69. The minimum Gasteiger partial charge on any atom is -0.382 e. The maximum Gasteiger partial charge on any atom is 0.472 e. The molecule has 1 aliphatic carbocycles. The Kier molecular flexibility index (Phi) is 6.95. The van der Waals surface area contributed by atoms with E-state index in [1.807, 2.05) is 0 Å². The van der Waals surface area contributed by atoms with E-state index < -0.39 is 71.5 Å². The molecule has 0 radical (unpaired) electrons. The highest BCUT2D eigenvalue weighted by Gasteiger charge is 2.51. The van der Waals surface area contributed by atoms with Crippen LogP contribution in [0, 0.1) is 5.92 Å². The fourth-order valence-corrected chi connectivity index (χ4v) is 7.69. The normalized spacial score (nSPS) is 37.1. The number of nitrogen functional groups attached to an aromatic ring is 2. The second kappa shape index (κ2) is 10.5. The van der Waals surface area contributed by atoms with Gasteiger partial charge in [-0.1, -0.05) is 0 Å². The molecule has 4 aromatic rings. The number of anilines is 2. The highest BCUT2D eigenvalue weighted by Crippen LogP contribution is 2.55. The molecule has 2 saturated heterocycles. The first-order valence-corrected chi connectivity index (χ1v) is 16.0. The summed E-state index contributed by atoms with van der Waals surface area (Å²) in [5, 5.41) is 0. The molecule has 19 nitrogen and oxygen atoms in total. The minimum atomic E-state index is -4.90. The lowest BCUT2D eigenvalue weighted by molar-refractivity contribution is -0.0541. The number of phosphoric acid groups is 2. The SMILES string of the molecule is Nc1ncnc2c1ncn2[C@@H]1C[C@@H]2COP(=O)(O)O[C@H]3C[C@H](n4cnc5c(N)ncnc54)O[C@@H]3COP(=O)(O)O[C@H]2[C@H]1F. The molecule has 6 heterocycles. The number of hydrogen-bond acceptors (Lipinski definition) is 15. The van der Waals surface area contributed by atoms with Gasteiger partial charge in [0.2, 0.25) is 0 Å². The first-order valence-electron chi connectivity index (χ1n) is 13.0. The summed E-state index contributed by atoms with van der Waals surface area (Å²) in [7, 11) is -9.67. The van der Waals surface area contributed by atoms with E-state index in [0.29, 0.717) is 11.2 Å². The molecule has 7 rings (SSSR count). The molecule has 2 aliphatic heterocycles. The minimum absolute atomic E-state index is 0.0206. The molecule has 2 unspecified atom stereocenters. The molecule has 0 amide bonds. The van der Waals surface area contributed by atoms with Crippen molar-refractivity contribution in [2.45, 2.75) is 49.6 Å². The summed E-state index contributed by atoms with van der Waals surface area (Å²) >= 11 is 0. The lowest BCUT2D eigenvalue weighted by Crippen LogP contribution is -2.33. The number of rotatable bonds is 2. The number of nitrogens with zero attached hydrogens (tertiary/aromatic N) is 8. The monoisotopic (exact) mass is 642 g/mol. The summed E-state index contributed by atoms with van der Waals surface area (Å²) in [6.45, 7) is -1.16. The Morgan fingerprint density at radius 3 is 2.12 bits per heavy atom. The van der Waals surface area contributed by atoms with E-state index in [4.69, 9.17) is 34.3 Å². The van der Waals surface area contributed by atoms with Crippen molar-refractivity contribution in [3.63, 3.8) is 0 Å². The quantitative estimate of drug-likeness (QED) is 0.223. The van der Waals surface area contributed by atoms with Gasteiger partial charge in [0.25, 0.3) is 0 Å². The topological polar surface area (TPSA) is 260 Å². The summed E-state index contributed by atoms with van der Waals surface area (Å²) in [5.74, 6) is -0.754. The first-order chi connectivity index (χ1) is 20.5. The van der Waals surface area contributed by atoms with Crippen LogP contribution in [0.15, 0.2) is 25.3 Å². The highest BCUT2D eigenvalue weighted by atomic mass is 31.2. The molecule has 0 bridgehead atoms. The first kappa shape index (κ1) is 28.6. The summed E-state index contributed by atoms with van der Waals surface area (Å²) < 4.78 is 72.2. The second-order valence-corrected chi connectivity index (χ2v) is 13.1. The molecular formula is C21H25FN10O9P2. The van der Waals surface area contributed by atoms with Gasteiger partial charge in [-0.2, -0.15) is 0 Å². The Labute approximate surface area is 240 Å². The number of fused-ring (bicyclic) bond motifs is 4. The van der Waals surface area contributed by atoms with Crippen LogP contribution in [-0.2, 0) is 32.0 Å². The van der Waals surface area contributed by atoms with Gasteiger partial charge in [-0.25, -0.2) is 43.4 Å². The van der Waals surface area contributed by atoms with Crippen molar-refractivity contribution in [1.82, 2.24) is 39.0 Å². The van der Waals surface area contributed by atoms with Crippen LogP contribution in [-0.4, -0.2) is 86.5 Å². The third-order valence-corrected chi connectivity index (χ3v) is 9.69. The van der Waals surface area contributed by atoms with Gasteiger partial charge in [0, 0.05) is 12.3 Å². The zero-order valence-electron chi connectivity index (χ0n) is 21.9. The smallest absolute Gasteiger partial charge is 0.382 e. The van der Waals surface area contributed by atoms with Crippen LogP contribution in [0.3, 0.4) is 0 Å². The zero-order valence-corrected chi connectivity index (χ0v) is 23.7. The van der Waals surface area contributed by atoms with Crippen molar-refractivity contribution in [3.8, 4) is 0 Å². The maximum atomic E-state index is 16.0. The zero-order chi connectivity index (χ0) is 30.1. The van der Waals surface area contributed by atoms with Crippen LogP contribution >= 0.6 is 15.6 Å². The fraction of sp³-hybridized carbons (Fsp3) is 0.524. The third kappa shape index (κ3) is 5.17. The molecule has 230 valence electrons. The van der Waals surface area contributed by atoms with Crippen molar-refractivity contribution in [3.05, 3.63) is 25.3 Å². The van der Waals surface area contributed by atoms with Crippen LogP contribution < -0.4 is 11.5 Å². The Balaban J connectivity index is 1.15. The fourth-order valence-electron chi connectivity index (χ4n) is 5.70. The van der Waals surface area contributed by atoms with Crippen LogP contribution in [0.25, 0.3) is 22.3 Å². The molecule has 0 aromatic carbocycles. The predicted octanol–water partition coefficient (Wildman–Crippen LogP) is 1.04. The van der Waals surface area contributed by atoms with Gasteiger partial charge in [-0.05, 0) is 6.42 Å². The van der Waals surface area contributed by atoms with Crippen LogP contribution in [0.2, 0.25) is 0 Å². The van der Waals surface area contributed by atoms with Crippen molar-refractivity contribution in [1.29, 1.82) is 0 Å². The number of alkyl halides is 1. The van der Waals surface area contributed by atoms with E-state index in [0.717, 1.165) is 0 Å². The van der Waals surface area contributed by atoms with Crippen molar-refractivity contribution < 1.29 is 46.1 Å². The van der Waals surface area contributed by atoms with Gasteiger partial charge < -0.3 is 30.6 Å². The number of hydrogen-bond donors (Lipinski definition) is 4. The average Bonchev–Trinajstić information content (AvgIpc) is 3.72. The van der Waals surface area contributed by atoms with E-state index in [1.54, 1.807) is 0 Å². The van der Waals surface area contributed by atoms with Gasteiger partial charge in [-0.3, -0.25) is 22.7 Å². The molecule has 1 saturated carbocycles. The highest BCUT2D eigenvalue weighted by molar-refractivity contribution is 7.47. The number of nitrogens with two attached hydrogens (primary N) is 2. The molecule has 3 aliphatic rings. The van der Waals surface area contributed by atoms with Crippen LogP contribution in [0.5, 0.6) is 0 Å². The molecule has 9 atom stereocenters. The van der Waals surface area contributed by atoms with Gasteiger partial charge >= 0.3 is 15.6 Å². The second-order valence-electron chi connectivity index (χ2n) is 10.3. The number of aromatic nitrogens is 8. The number of phosphoric ester groups is 2. The Hall–Kier alpha value is -3.19. The largest absolute Gasteiger partial charge is 0.472 e. The van der Waals surface area contributed by atoms with Gasteiger partial charge in [0.15, 0.2) is 22.9 Å². The lowest BCUT2D eigenvalue weighted by Gasteiger charge is -2.28. The molecular weight excluding hydrogens is 617 g/mol. The Morgan fingerprint density at radius 2 is 1.42 bits per heavy atom. The molecule has 6 N–H and O–H groups in total. The summed E-state index contributed by atoms with van der Waals surface area (Å²) in [6.07, 6.45) is -1.54. The maximum absolute atomic E-state index is 16.0. The number of ether oxygens (including phenoxy) is 1. The number of halogens is 1. The molecule has 4 aromatic heterocycles. The Morgan fingerprint density at radius 1 is 0.814 bits per heavy atom.